The zero-order valence-corrected chi connectivity index (χ0v) is 14.3. The zero-order valence-electron chi connectivity index (χ0n) is 14.3. The molecule has 0 atom stereocenters. The van der Waals surface area contributed by atoms with E-state index in [0.29, 0.717) is 12.5 Å². The van der Waals surface area contributed by atoms with Gasteiger partial charge in [-0.1, -0.05) is 19.0 Å². The van der Waals surface area contributed by atoms with E-state index in [1.165, 1.54) is 0 Å². The summed E-state index contributed by atoms with van der Waals surface area (Å²) in [6.45, 7) is 10.3. The Bertz CT molecular complexity index is 473. The molecule has 0 radical (unpaired) electrons. The molecule has 130 valence electrons. The summed E-state index contributed by atoms with van der Waals surface area (Å²) in [5.41, 5.74) is 8.00. The Morgan fingerprint density at radius 3 is 2.78 bits per heavy atom. The number of aryl methyl sites for hydroxylation is 2. The maximum absolute atomic E-state index is 5.95. The van der Waals surface area contributed by atoms with Gasteiger partial charge in [0.1, 0.15) is 5.76 Å². The predicted molar refractivity (Wildman–Crippen MR) is 90.5 cm³/mol. The lowest BCUT2D eigenvalue weighted by Gasteiger charge is -2.26. The fourth-order valence-corrected chi connectivity index (χ4v) is 2.68. The highest BCUT2D eigenvalue weighted by Gasteiger charge is 2.13. The molecule has 7 heteroatoms. The average molecular weight is 323 g/mol. The molecule has 1 aliphatic rings. The number of hydrogen-bond donors (Lipinski definition) is 2. The maximum Gasteiger partial charge on any atom is 0.188 e. The summed E-state index contributed by atoms with van der Waals surface area (Å²) >= 11 is 0. The second-order valence-electron chi connectivity index (χ2n) is 5.67. The van der Waals surface area contributed by atoms with Gasteiger partial charge in [0.15, 0.2) is 5.96 Å². The Kier molecular flexibility index (Phi) is 7.35. The number of nitrogens with one attached hydrogen (secondary N) is 1. The third kappa shape index (κ3) is 5.51. The van der Waals surface area contributed by atoms with Gasteiger partial charge in [-0.25, -0.2) is 4.99 Å². The van der Waals surface area contributed by atoms with Gasteiger partial charge >= 0.3 is 0 Å². The van der Waals surface area contributed by atoms with Crippen molar-refractivity contribution in [2.45, 2.75) is 39.7 Å². The van der Waals surface area contributed by atoms with Crippen molar-refractivity contribution in [1.82, 2.24) is 15.4 Å². The van der Waals surface area contributed by atoms with Crippen molar-refractivity contribution >= 4 is 5.96 Å². The van der Waals surface area contributed by atoms with Crippen LogP contribution in [0.3, 0.4) is 0 Å². The predicted octanol–water partition coefficient (Wildman–Crippen LogP) is 0.926. The van der Waals surface area contributed by atoms with E-state index in [-0.39, 0.29) is 0 Å². The van der Waals surface area contributed by atoms with E-state index in [1.807, 2.05) is 0 Å². The first kappa shape index (κ1) is 17.7. The van der Waals surface area contributed by atoms with Crippen LogP contribution in [0.15, 0.2) is 9.52 Å². The number of guanidine groups is 1. The highest BCUT2D eigenvalue weighted by molar-refractivity contribution is 5.77. The molecule has 0 aromatic carbocycles. The van der Waals surface area contributed by atoms with Crippen LogP contribution in [-0.4, -0.2) is 55.4 Å². The molecule has 0 amide bonds. The smallest absolute Gasteiger partial charge is 0.188 e. The Balaban J connectivity index is 1.71. The second-order valence-corrected chi connectivity index (χ2v) is 5.67. The Hall–Kier alpha value is -1.60. The molecule has 23 heavy (non-hydrogen) atoms. The molecule has 1 aromatic rings. The lowest BCUT2D eigenvalue weighted by molar-refractivity contribution is 0.0376. The number of morpholine rings is 1. The first-order valence-electron chi connectivity index (χ1n) is 8.54. The molecular formula is C16H29N5O2. The van der Waals surface area contributed by atoms with Crippen LogP contribution in [0, 0.1) is 0 Å². The molecule has 1 fully saturated rings. The third-order valence-electron chi connectivity index (χ3n) is 4.08. The quantitative estimate of drug-likeness (QED) is 0.420. The first-order valence-corrected chi connectivity index (χ1v) is 8.54. The van der Waals surface area contributed by atoms with E-state index in [4.69, 9.17) is 15.0 Å². The zero-order chi connectivity index (χ0) is 16.5. The Morgan fingerprint density at radius 2 is 2.09 bits per heavy atom. The summed E-state index contributed by atoms with van der Waals surface area (Å²) in [7, 11) is 0. The molecule has 1 aromatic heterocycles. The molecule has 0 spiro atoms. The standard InChI is InChI=1S/C16H29N5O2/c1-3-14-13(15(4-2)23-20-14)12-19-16(17)18-6-5-7-21-8-10-22-11-9-21/h3-12H2,1-2H3,(H3,17,18,19). The maximum atomic E-state index is 5.95. The summed E-state index contributed by atoms with van der Waals surface area (Å²) in [6.07, 6.45) is 2.72. The van der Waals surface area contributed by atoms with E-state index in [9.17, 15) is 0 Å². The van der Waals surface area contributed by atoms with Crippen molar-refractivity contribution in [2.24, 2.45) is 10.7 Å². The van der Waals surface area contributed by atoms with Crippen LogP contribution in [0.25, 0.3) is 0 Å². The number of aromatic nitrogens is 1. The molecule has 1 saturated heterocycles. The average Bonchev–Trinajstić information content (AvgIpc) is 2.99. The topological polar surface area (TPSA) is 88.9 Å². The summed E-state index contributed by atoms with van der Waals surface area (Å²) in [5.74, 6) is 1.39. The second kappa shape index (κ2) is 9.52. The minimum absolute atomic E-state index is 0.484. The SMILES string of the molecule is CCc1noc(CC)c1CN=C(N)NCCCN1CCOCC1. The summed E-state index contributed by atoms with van der Waals surface area (Å²) < 4.78 is 10.7. The lowest BCUT2D eigenvalue weighted by atomic mass is 10.1. The molecule has 3 N–H and O–H groups in total. The Morgan fingerprint density at radius 1 is 1.30 bits per heavy atom. The monoisotopic (exact) mass is 323 g/mol. The van der Waals surface area contributed by atoms with Gasteiger partial charge in [0.2, 0.25) is 0 Å². The van der Waals surface area contributed by atoms with Crippen molar-refractivity contribution in [1.29, 1.82) is 0 Å². The van der Waals surface area contributed by atoms with Gasteiger partial charge < -0.3 is 20.3 Å². The van der Waals surface area contributed by atoms with Gasteiger partial charge in [0.05, 0.1) is 25.5 Å². The minimum Gasteiger partial charge on any atom is -0.379 e. The molecule has 0 unspecified atom stereocenters. The van der Waals surface area contributed by atoms with Crippen molar-refractivity contribution in [3.8, 4) is 0 Å². The van der Waals surface area contributed by atoms with Gasteiger partial charge in [0.25, 0.3) is 0 Å². The van der Waals surface area contributed by atoms with E-state index >= 15 is 0 Å². The molecule has 0 bridgehead atoms. The number of ether oxygens (including phenoxy) is 1. The number of rotatable bonds is 8. The highest BCUT2D eigenvalue weighted by atomic mass is 16.5. The van der Waals surface area contributed by atoms with Crippen LogP contribution >= 0.6 is 0 Å². The summed E-state index contributed by atoms with van der Waals surface area (Å²) in [5, 5.41) is 7.27. The van der Waals surface area contributed by atoms with E-state index in [0.717, 1.165) is 75.7 Å². The van der Waals surface area contributed by atoms with Crippen molar-refractivity contribution < 1.29 is 9.26 Å². The lowest BCUT2D eigenvalue weighted by Crippen LogP contribution is -2.39. The van der Waals surface area contributed by atoms with Gasteiger partial charge in [-0.2, -0.15) is 0 Å². The van der Waals surface area contributed by atoms with Crippen molar-refractivity contribution in [2.75, 3.05) is 39.4 Å². The summed E-state index contributed by atoms with van der Waals surface area (Å²) in [6, 6.07) is 0. The molecule has 2 rings (SSSR count). The third-order valence-corrected chi connectivity index (χ3v) is 4.08. The molecule has 0 saturated carbocycles. The van der Waals surface area contributed by atoms with Crippen LogP contribution in [0.1, 0.15) is 37.3 Å². The van der Waals surface area contributed by atoms with Crippen molar-refractivity contribution in [3.63, 3.8) is 0 Å². The summed E-state index contributed by atoms with van der Waals surface area (Å²) in [4.78, 5) is 6.83. The van der Waals surface area contributed by atoms with E-state index < -0.39 is 0 Å². The minimum atomic E-state index is 0.484. The van der Waals surface area contributed by atoms with E-state index in [1.54, 1.807) is 0 Å². The van der Waals surface area contributed by atoms with Crippen molar-refractivity contribution in [3.05, 3.63) is 17.0 Å². The van der Waals surface area contributed by atoms with Crippen LogP contribution in [0.4, 0.5) is 0 Å². The Labute approximate surface area is 138 Å². The number of aliphatic imine (C=N–C) groups is 1. The van der Waals surface area contributed by atoms with Gasteiger partial charge in [0, 0.05) is 31.6 Å². The van der Waals surface area contributed by atoms with Gasteiger partial charge in [-0.05, 0) is 19.4 Å². The number of nitrogens with two attached hydrogens (primary N) is 1. The van der Waals surface area contributed by atoms with Gasteiger partial charge in [-0.15, -0.1) is 0 Å². The fraction of sp³-hybridized carbons (Fsp3) is 0.750. The highest BCUT2D eigenvalue weighted by Crippen LogP contribution is 2.16. The fourth-order valence-electron chi connectivity index (χ4n) is 2.68. The normalized spacial score (nSPS) is 16.7. The number of nitrogens with zero attached hydrogens (tertiary/aromatic N) is 3. The van der Waals surface area contributed by atoms with Crippen LogP contribution < -0.4 is 11.1 Å². The largest absolute Gasteiger partial charge is 0.379 e. The molecule has 7 nitrogen and oxygen atoms in total. The van der Waals surface area contributed by atoms with Crippen LogP contribution in [0.2, 0.25) is 0 Å². The molecule has 0 aliphatic carbocycles. The molecular weight excluding hydrogens is 294 g/mol. The molecule has 2 heterocycles. The molecule has 1 aliphatic heterocycles. The van der Waals surface area contributed by atoms with Crippen LogP contribution in [-0.2, 0) is 24.1 Å². The number of hydrogen-bond acceptors (Lipinski definition) is 5. The van der Waals surface area contributed by atoms with E-state index in [2.05, 4.69) is 34.2 Å². The van der Waals surface area contributed by atoms with Crippen LogP contribution in [0.5, 0.6) is 0 Å². The first-order chi connectivity index (χ1) is 11.2. The van der Waals surface area contributed by atoms with Gasteiger partial charge in [-0.3, -0.25) is 4.90 Å².